The number of anilines is 1. The summed E-state index contributed by atoms with van der Waals surface area (Å²) in [4.78, 5) is 16.9. The maximum Gasteiger partial charge on any atom is 0.277 e. The molecule has 0 spiro atoms. The number of pyridine rings is 1. The molecule has 6 nitrogen and oxygen atoms in total. The Hall–Kier alpha value is -1.69. The van der Waals surface area contributed by atoms with Gasteiger partial charge in [0, 0.05) is 24.3 Å². The second-order valence-corrected chi connectivity index (χ2v) is 4.77. The summed E-state index contributed by atoms with van der Waals surface area (Å²) in [6.07, 6.45) is 3.92. The lowest BCUT2D eigenvalue weighted by Gasteiger charge is -2.19. The van der Waals surface area contributed by atoms with E-state index in [1.165, 1.54) is 12.5 Å². The van der Waals surface area contributed by atoms with Crippen molar-refractivity contribution in [3.8, 4) is 0 Å². The zero-order valence-electron chi connectivity index (χ0n) is 10.7. The van der Waals surface area contributed by atoms with Crippen molar-refractivity contribution in [2.75, 3.05) is 25.5 Å². The Bertz CT molecular complexity index is 450. The lowest BCUT2D eigenvalue weighted by Crippen LogP contribution is -2.31. The highest BCUT2D eigenvalue weighted by atomic mass is 16.6. The molecule has 1 aliphatic rings. The van der Waals surface area contributed by atoms with Gasteiger partial charge in [-0.05, 0) is 33.4 Å². The fraction of sp³-hybridized carbons (Fsp3) is 0.583. The van der Waals surface area contributed by atoms with E-state index < -0.39 is 0 Å². The third-order valence-corrected chi connectivity index (χ3v) is 3.46. The highest BCUT2D eigenvalue weighted by Gasteiger charge is 2.20. The molecule has 0 saturated carbocycles. The third kappa shape index (κ3) is 2.76. The lowest BCUT2D eigenvalue weighted by molar-refractivity contribution is -0.385. The first-order valence-corrected chi connectivity index (χ1v) is 6.13. The van der Waals surface area contributed by atoms with Gasteiger partial charge in [0.15, 0.2) is 0 Å². The van der Waals surface area contributed by atoms with E-state index in [9.17, 15) is 10.1 Å². The normalized spacial score (nSPS) is 20.0. The van der Waals surface area contributed by atoms with E-state index in [2.05, 4.69) is 22.2 Å². The van der Waals surface area contributed by atoms with Crippen LogP contribution in [-0.4, -0.2) is 41.0 Å². The molecule has 0 aliphatic carbocycles. The maximum atomic E-state index is 10.8. The van der Waals surface area contributed by atoms with Gasteiger partial charge in [-0.25, -0.2) is 4.98 Å². The van der Waals surface area contributed by atoms with Crippen LogP contribution in [-0.2, 0) is 0 Å². The van der Waals surface area contributed by atoms with Gasteiger partial charge in [-0.1, -0.05) is 0 Å². The largest absolute Gasteiger partial charge is 0.368 e. The summed E-state index contributed by atoms with van der Waals surface area (Å²) < 4.78 is 0. The zero-order valence-corrected chi connectivity index (χ0v) is 10.7. The molecular formula is C12H18N4O2. The second-order valence-electron chi connectivity index (χ2n) is 4.77. The van der Waals surface area contributed by atoms with Crippen molar-refractivity contribution in [3.63, 3.8) is 0 Å². The molecule has 0 radical (unpaired) electrons. The first kappa shape index (κ1) is 12.8. The van der Waals surface area contributed by atoms with E-state index in [-0.39, 0.29) is 10.6 Å². The molecule has 98 valence electrons. The van der Waals surface area contributed by atoms with Crippen LogP contribution in [0.3, 0.4) is 0 Å². The summed E-state index contributed by atoms with van der Waals surface area (Å²) in [6, 6.07) is 2.00. The smallest absolute Gasteiger partial charge is 0.277 e. The molecule has 2 heterocycles. The third-order valence-electron chi connectivity index (χ3n) is 3.46. The Labute approximate surface area is 106 Å². The van der Waals surface area contributed by atoms with Crippen LogP contribution in [0.5, 0.6) is 0 Å². The summed E-state index contributed by atoms with van der Waals surface area (Å²) in [6.45, 7) is 3.59. The number of nitro groups is 1. The number of likely N-dealkylation sites (tertiary alicyclic amines) is 1. The summed E-state index contributed by atoms with van der Waals surface area (Å²) in [7, 11) is 2.10. The minimum absolute atomic E-state index is 0.118. The van der Waals surface area contributed by atoms with Gasteiger partial charge in [-0.3, -0.25) is 10.1 Å². The number of hydrogen-bond donors (Lipinski definition) is 1. The van der Waals surface area contributed by atoms with Crippen LogP contribution in [0.4, 0.5) is 11.5 Å². The van der Waals surface area contributed by atoms with Gasteiger partial charge in [0.2, 0.25) is 0 Å². The zero-order chi connectivity index (χ0) is 13.1. The quantitative estimate of drug-likeness (QED) is 0.651. The van der Waals surface area contributed by atoms with E-state index in [1.807, 2.05) is 0 Å². The monoisotopic (exact) mass is 250 g/mol. The first-order chi connectivity index (χ1) is 8.58. The van der Waals surface area contributed by atoms with Crippen LogP contribution in [0, 0.1) is 17.0 Å². The minimum atomic E-state index is -0.371. The molecule has 1 atom stereocenters. The number of likely N-dealkylation sites (N-methyl/N-ethyl adjacent to an activating group) is 1. The Morgan fingerprint density at radius 2 is 2.44 bits per heavy atom. The van der Waals surface area contributed by atoms with Gasteiger partial charge in [0.05, 0.1) is 11.0 Å². The summed E-state index contributed by atoms with van der Waals surface area (Å²) >= 11 is 0. The molecule has 1 aromatic heterocycles. The van der Waals surface area contributed by atoms with Gasteiger partial charge in [-0.15, -0.1) is 0 Å². The van der Waals surface area contributed by atoms with Gasteiger partial charge in [0.25, 0.3) is 5.69 Å². The predicted octanol–water partition coefficient (Wildman–Crippen LogP) is 1.80. The minimum Gasteiger partial charge on any atom is -0.368 e. The molecule has 18 heavy (non-hydrogen) atoms. The molecule has 1 N–H and O–H groups in total. The van der Waals surface area contributed by atoms with Crippen molar-refractivity contribution in [1.29, 1.82) is 0 Å². The van der Waals surface area contributed by atoms with Gasteiger partial charge >= 0.3 is 0 Å². The van der Waals surface area contributed by atoms with Crippen LogP contribution in [0.1, 0.15) is 18.4 Å². The van der Waals surface area contributed by atoms with Crippen molar-refractivity contribution in [1.82, 2.24) is 9.88 Å². The number of nitrogens with zero attached hydrogens (tertiary/aromatic N) is 3. The molecule has 1 saturated heterocycles. The molecule has 1 aliphatic heterocycles. The van der Waals surface area contributed by atoms with Crippen LogP contribution in [0.2, 0.25) is 0 Å². The van der Waals surface area contributed by atoms with E-state index in [4.69, 9.17) is 0 Å². The number of aryl methyl sites for hydroxylation is 1. The average molecular weight is 250 g/mol. The summed E-state index contributed by atoms with van der Waals surface area (Å²) in [5.74, 6) is 0.576. The van der Waals surface area contributed by atoms with E-state index in [1.54, 1.807) is 13.1 Å². The van der Waals surface area contributed by atoms with Crippen molar-refractivity contribution in [2.24, 2.45) is 0 Å². The Morgan fingerprint density at radius 1 is 1.67 bits per heavy atom. The molecule has 0 bridgehead atoms. The molecule has 1 aromatic rings. The SMILES string of the molecule is Cc1cnc(NCC2CCCN2C)cc1[N+](=O)[O-]. The Balaban J connectivity index is 2.01. The average Bonchev–Trinajstić information content (AvgIpc) is 2.73. The van der Waals surface area contributed by atoms with E-state index in [0.717, 1.165) is 19.5 Å². The van der Waals surface area contributed by atoms with E-state index in [0.29, 0.717) is 17.4 Å². The standard InChI is InChI=1S/C12H18N4O2/c1-9-7-13-12(6-11(9)16(17)18)14-8-10-4-3-5-15(10)2/h6-7,10H,3-5,8H2,1-2H3,(H,13,14). The molecule has 1 fully saturated rings. The highest BCUT2D eigenvalue weighted by Crippen LogP contribution is 2.21. The Morgan fingerprint density at radius 3 is 3.06 bits per heavy atom. The number of aromatic nitrogens is 1. The van der Waals surface area contributed by atoms with Crippen molar-refractivity contribution in [2.45, 2.75) is 25.8 Å². The number of hydrogen-bond acceptors (Lipinski definition) is 5. The number of nitrogens with one attached hydrogen (secondary N) is 1. The van der Waals surface area contributed by atoms with Crippen LogP contribution in [0.15, 0.2) is 12.3 Å². The van der Waals surface area contributed by atoms with Crippen LogP contribution < -0.4 is 5.32 Å². The highest BCUT2D eigenvalue weighted by molar-refractivity contribution is 5.48. The van der Waals surface area contributed by atoms with Gasteiger partial charge in [-0.2, -0.15) is 0 Å². The topological polar surface area (TPSA) is 71.3 Å². The predicted molar refractivity (Wildman–Crippen MR) is 69.8 cm³/mol. The van der Waals surface area contributed by atoms with Crippen molar-refractivity contribution >= 4 is 11.5 Å². The fourth-order valence-electron chi connectivity index (χ4n) is 2.27. The molecule has 0 aromatic carbocycles. The fourth-order valence-corrected chi connectivity index (χ4v) is 2.27. The maximum absolute atomic E-state index is 10.8. The lowest BCUT2D eigenvalue weighted by atomic mass is 10.2. The van der Waals surface area contributed by atoms with Crippen LogP contribution >= 0.6 is 0 Å². The van der Waals surface area contributed by atoms with Crippen molar-refractivity contribution in [3.05, 3.63) is 27.9 Å². The molecule has 1 unspecified atom stereocenters. The van der Waals surface area contributed by atoms with Crippen LogP contribution in [0.25, 0.3) is 0 Å². The Kier molecular flexibility index (Phi) is 3.76. The number of rotatable bonds is 4. The molecular weight excluding hydrogens is 232 g/mol. The summed E-state index contributed by atoms with van der Waals surface area (Å²) in [5.41, 5.74) is 0.704. The van der Waals surface area contributed by atoms with Crippen molar-refractivity contribution < 1.29 is 4.92 Å². The van der Waals surface area contributed by atoms with E-state index >= 15 is 0 Å². The molecule has 6 heteroatoms. The summed E-state index contributed by atoms with van der Waals surface area (Å²) in [5, 5.41) is 14.0. The van der Waals surface area contributed by atoms with Gasteiger partial charge < -0.3 is 10.2 Å². The molecule has 0 amide bonds. The first-order valence-electron chi connectivity index (χ1n) is 6.13. The molecule has 2 rings (SSSR count). The van der Waals surface area contributed by atoms with Gasteiger partial charge in [0.1, 0.15) is 5.82 Å². The second kappa shape index (κ2) is 5.30.